The lowest BCUT2D eigenvalue weighted by atomic mass is 10.1. The number of nitrogens with zero attached hydrogens (tertiary/aromatic N) is 1. The molecule has 4 nitrogen and oxygen atoms in total. The van der Waals surface area contributed by atoms with Crippen molar-refractivity contribution in [1.29, 1.82) is 0 Å². The Morgan fingerprint density at radius 2 is 2.31 bits per heavy atom. The summed E-state index contributed by atoms with van der Waals surface area (Å²) in [5, 5.41) is 0. The molecule has 0 aromatic carbocycles. The van der Waals surface area contributed by atoms with Crippen LogP contribution in [0.15, 0.2) is 16.6 Å². The van der Waals surface area contributed by atoms with Gasteiger partial charge in [-0.25, -0.2) is 9.59 Å². The van der Waals surface area contributed by atoms with Crippen molar-refractivity contribution >= 4 is 12.0 Å². The fraction of sp³-hybridized carbons (Fsp3) is 0.556. The third-order valence-electron chi connectivity index (χ3n) is 1.45. The molecular weight excluding hydrogens is 170 g/mol. The number of ether oxygens (including phenoxy) is 1. The molecule has 0 saturated heterocycles. The molecule has 0 spiro atoms. The van der Waals surface area contributed by atoms with Crippen molar-refractivity contribution in [3.63, 3.8) is 0 Å². The zero-order chi connectivity index (χ0) is 10.1. The number of aliphatic imine (C=N–C) groups is 1. The molecule has 0 aliphatic carbocycles. The summed E-state index contributed by atoms with van der Waals surface area (Å²) in [6.45, 7) is 3.50. The van der Waals surface area contributed by atoms with Gasteiger partial charge in [0.1, 0.15) is 0 Å². The number of hydrogen-bond acceptors (Lipinski definition) is 4. The van der Waals surface area contributed by atoms with Crippen LogP contribution in [-0.4, -0.2) is 18.8 Å². The molecule has 0 bridgehead atoms. The van der Waals surface area contributed by atoms with Crippen LogP contribution in [0.5, 0.6) is 0 Å². The predicted molar refractivity (Wildman–Crippen MR) is 47.7 cm³/mol. The van der Waals surface area contributed by atoms with E-state index in [1.165, 1.54) is 6.08 Å². The first-order valence-electron chi connectivity index (χ1n) is 4.12. The minimum absolute atomic E-state index is 0.247. The van der Waals surface area contributed by atoms with Crippen LogP contribution in [0, 0.1) is 0 Å². The second-order valence-electron chi connectivity index (χ2n) is 2.37. The summed E-state index contributed by atoms with van der Waals surface area (Å²) in [7, 11) is 0. The molecule has 72 valence electrons. The van der Waals surface area contributed by atoms with Gasteiger partial charge in [-0.15, -0.1) is 0 Å². The Kier molecular flexibility index (Phi) is 6.46. The molecule has 0 aromatic rings. The van der Waals surface area contributed by atoms with Crippen LogP contribution in [0.2, 0.25) is 0 Å². The van der Waals surface area contributed by atoms with Crippen molar-refractivity contribution < 1.29 is 14.3 Å². The van der Waals surface area contributed by atoms with E-state index in [4.69, 9.17) is 0 Å². The van der Waals surface area contributed by atoms with Gasteiger partial charge in [0.2, 0.25) is 6.08 Å². The maximum absolute atomic E-state index is 11.2. The molecule has 0 aromatic heterocycles. The Balaban J connectivity index is 3.99. The molecule has 0 radical (unpaired) electrons. The average molecular weight is 183 g/mol. The van der Waals surface area contributed by atoms with Crippen LogP contribution >= 0.6 is 0 Å². The number of rotatable bonds is 5. The standard InChI is InChI=1S/C9H13NO3/c1-3-5-8(4-2)9(12)13-7-10-6-11/h4H,3,5,7H2,1-2H3. The molecule has 0 N–H and O–H groups in total. The highest BCUT2D eigenvalue weighted by atomic mass is 16.5. The van der Waals surface area contributed by atoms with E-state index >= 15 is 0 Å². The van der Waals surface area contributed by atoms with Crippen molar-refractivity contribution in [3.8, 4) is 0 Å². The fourth-order valence-electron chi connectivity index (χ4n) is 0.844. The summed E-state index contributed by atoms with van der Waals surface area (Å²) in [4.78, 5) is 23.9. The smallest absolute Gasteiger partial charge is 0.335 e. The number of carbonyl (C=O) groups excluding carboxylic acids is 2. The molecule has 0 saturated carbocycles. The quantitative estimate of drug-likeness (QED) is 0.281. The van der Waals surface area contributed by atoms with E-state index in [2.05, 4.69) is 9.73 Å². The normalized spacial score (nSPS) is 10.5. The van der Waals surface area contributed by atoms with Crippen molar-refractivity contribution in [2.24, 2.45) is 4.99 Å². The van der Waals surface area contributed by atoms with Gasteiger partial charge in [-0.3, -0.25) is 0 Å². The molecule has 0 heterocycles. The van der Waals surface area contributed by atoms with E-state index in [1.807, 2.05) is 6.92 Å². The Labute approximate surface area is 77.3 Å². The van der Waals surface area contributed by atoms with E-state index < -0.39 is 5.97 Å². The number of carbonyl (C=O) groups is 1. The first kappa shape index (κ1) is 11.6. The van der Waals surface area contributed by atoms with Gasteiger partial charge in [-0.2, -0.15) is 4.99 Å². The largest absolute Gasteiger partial charge is 0.438 e. The predicted octanol–water partition coefficient (Wildman–Crippen LogP) is 1.57. The summed E-state index contributed by atoms with van der Waals surface area (Å²) >= 11 is 0. The summed E-state index contributed by atoms with van der Waals surface area (Å²) in [6, 6.07) is 0. The van der Waals surface area contributed by atoms with Gasteiger partial charge in [0.25, 0.3) is 0 Å². The van der Waals surface area contributed by atoms with Crippen molar-refractivity contribution in [3.05, 3.63) is 11.6 Å². The lowest BCUT2D eigenvalue weighted by Crippen LogP contribution is -2.07. The topological polar surface area (TPSA) is 55.7 Å². The highest BCUT2D eigenvalue weighted by Crippen LogP contribution is 2.06. The Hall–Kier alpha value is -1.41. The second kappa shape index (κ2) is 7.25. The SMILES string of the molecule is CC=C(CCC)C(=O)OCN=C=O. The number of allylic oxidation sites excluding steroid dienone is 1. The molecule has 0 aliphatic heterocycles. The molecule has 0 rings (SSSR count). The monoisotopic (exact) mass is 183 g/mol. The van der Waals surface area contributed by atoms with Gasteiger partial charge < -0.3 is 4.74 Å². The molecule has 0 fully saturated rings. The number of isocyanates is 1. The van der Waals surface area contributed by atoms with Crippen LogP contribution in [0.1, 0.15) is 26.7 Å². The molecule has 0 unspecified atom stereocenters. The van der Waals surface area contributed by atoms with Crippen LogP contribution in [0.3, 0.4) is 0 Å². The van der Waals surface area contributed by atoms with Gasteiger partial charge >= 0.3 is 5.97 Å². The fourth-order valence-corrected chi connectivity index (χ4v) is 0.844. The van der Waals surface area contributed by atoms with Gasteiger partial charge in [-0.1, -0.05) is 19.4 Å². The van der Waals surface area contributed by atoms with Crippen molar-refractivity contribution in [2.75, 3.05) is 6.73 Å². The molecule has 4 heteroatoms. The Bertz CT molecular complexity index is 239. The lowest BCUT2D eigenvalue weighted by molar-refractivity contribution is -0.138. The minimum atomic E-state index is -0.414. The first-order chi connectivity index (χ1) is 6.26. The van der Waals surface area contributed by atoms with Crippen LogP contribution < -0.4 is 0 Å². The Morgan fingerprint density at radius 1 is 1.62 bits per heavy atom. The molecule has 13 heavy (non-hydrogen) atoms. The molecule has 0 amide bonds. The zero-order valence-corrected chi connectivity index (χ0v) is 7.87. The average Bonchev–Trinajstić information content (AvgIpc) is 2.14. The van der Waals surface area contributed by atoms with Gasteiger partial charge in [0, 0.05) is 5.57 Å². The summed E-state index contributed by atoms with van der Waals surface area (Å²) < 4.78 is 4.65. The highest BCUT2D eigenvalue weighted by Gasteiger charge is 2.07. The molecular formula is C9H13NO3. The van der Waals surface area contributed by atoms with Crippen LogP contribution in [-0.2, 0) is 14.3 Å². The second-order valence-corrected chi connectivity index (χ2v) is 2.37. The lowest BCUT2D eigenvalue weighted by Gasteiger charge is -2.03. The van der Waals surface area contributed by atoms with Gasteiger partial charge in [-0.05, 0) is 13.3 Å². The minimum Gasteiger partial charge on any atom is -0.438 e. The van der Waals surface area contributed by atoms with E-state index in [9.17, 15) is 9.59 Å². The van der Waals surface area contributed by atoms with Gasteiger partial charge in [0.15, 0.2) is 6.73 Å². The van der Waals surface area contributed by atoms with Gasteiger partial charge in [0.05, 0.1) is 0 Å². The van der Waals surface area contributed by atoms with E-state index in [0.717, 1.165) is 6.42 Å². The summed E-state index contributed by atoms with van der Waals surface area (Å²) in [6.07, 6.45) is 4.56. The third-order valence-corrected chi connectivity index (χ3v) is 1.45. The highest BCUT2D eigenvalue weighted by molar-refractivity contribution is 5.88. The Morgan fingerprint density at radius 3 is 2.77 bits per heavy atom. The van der Waals surface area contributed by atoms with Crippen molar-refractivity contribution in [1.82, 2.24) is 0 Å². The zero-order valence-electron chi connectivity index (χ0n) is 7.87. The number of esters is 1. The maximum atomic E-state index is 11.2. The van der Waals surface area contributed by atoms with Crippen LogP contribution in [0.4, 0.5) is 0 Å². The summed E-state index contributed by atoms with van der Waals surface area (Å²) in [5.74, 6) is -0.414. The third kappa shape index (κ3) is 4.93. The number of hydrogen-bond donors (Lipinski definition) is 0. The van der Waals surface area contributed by atoms with E-state index in [1.54, 1.807) is 13.0 Å². The summed E-state index contributed by atoms with van der Waals surface area (Å²) in [5.41, 5.74) is 0.614. The maximum Gasteiger partial charge on any atom is 0.335 e. The van der Waals surface area contributed by atoms with E-state index in [-0.39, 0.29) is 6.73 Å². The van der Waals surface area contributed by atoms with Crippen LogP contribution in [0.25, 0.3) is 0 Å². The van der Waals surface area contributed by atoms with Crippen molar-refractivity contribution in [2.45, 2.75) is 26.7 Å². The first-order valence-corrected chi connectivity index (χ1v) is 4.12. The van der Waals surface area contributed by atoms with E-state index in [0.29, 0.717) is 12.0 Å². The molecule has 0 aliphatic rings. The molecule has 0 atom stereocenters.